The zero-order chi connectivity index (χ0) is 16.8. The summed E-state index contributed by atoms with van der Waals surface area (Å²) < 4.78 is 5.21. The summed E-state index contributed by atoms with van der Waals surface area (Å²) in [5.74, 6) is 1.29. The van der Waals surface area contributed by atoms with E-state index in [-0.39, 0.29) is 5.56 Å². The van der Waals surface area contributed by atoms with Crippen LogP contribution in [0.5, 0.6) is 5.75 Å². The van der Waals surface area contributed by atoms with Gasteiger partial charge in [-0.05, 0) is 36.2 Å². The van der Waals surface area contributed by atoms with Crippen LogP contribution in [0, 0.1) is 0 Å². The lowest BCUT2D eigenvalue weighted by Crippen LogP contribution is -2.14. The highest BCUT2D eigenvalue weighted by Crippen LogP contribution is 2.15. The number of H-pyrrole nitrogens is 1. The average molecular weight is 322 g/mol. The second-order valence-electron chi connectivity index (χ2n) is 5.24. The number of methoxy groups -OCH3 is 1. The van der Waals surface area contributed by atoms with Gasteiger partial charge in [0.05, 0.1) is 12.8 Å². The molecule has 0 unspecified atom stereocenters. The molecule has 122 valence electrons. The van der Waals surface area contributed by atoms with Crippen molar-refractivity contribution in [2.24, 2.45) is 0 Å². The van der Waals surface area contributed by atoms with E-state index < -0.39 is 0 Å². The van der Waals surface area contributed by atoms with E-state index in [1.165, 1.54) is 6.07 Å². The number of pyridine rings is 1. The van der Waals surface area contributed by atoms with Gasteiger partial charge in [0.1, 0.15) is 5.75 Å². The van der Waals surface area contributed by atoms with Gasteiger partial charge < -0.3 is 10.1 Å². The average Bonchev–Trinajstić information content (AvgIpc) is 2.62. The summed E-state index contributed by atoms with van der Waals surface area (Å²) >= 11 is 0. The number of hydrogen-bond acceptors (Lipinski definition) is 5. The molecule has 6 heteroatoms. The Labute approximate surface area is 139 Å². The molecule has 0 bridgehead atoms. The molecule has 0 aliphatic carbocycles. The molecule has 0 aliphatic rings. The largest absolute Gasteiger partial charge is 0.497 e. The van der Waals surface area contributed by atoms with Crippen LogP contribution in [0.2, 0.25) is 0 Å². The van der Waals surface area contributed by atoms with Crippen LogP contribution in [-0.4, -0.2) is 28.6 Å². The van der Waals surface area contributed by atoms with E-state index in [9.17, 15) is 4.79 Å². The lowest BCUT2D eigenvalue weighted by molar-refractivity contribution is 0.414. The SMILES string of the molecule is COc1cccc(CCNc2nc(-c3ccncc3)cc(=O)[nH]2)c1. The fourth-order valence-corrected chi connectivity index (χ4v) is 2.37. The van der Waals surface area contributed by atoms with E-state index in [0.717, 1.165) is 23.3 Å². The Morgan fingerprint density at radius 3 is 2.79 bits per heavy atom. The number of aromatic nitrogens is 3. The normalized spacial score (nSPS) is 10.4. The molecule has 0 radical (unpaired) electrons. The van der Waals surface area contributed by atoms with Gasteiger partial charge in [-0.3, -0.25) is 14.8 Å². The number of rotatable bonds is 6. The molecule has 0 fully saturated rings. The van der Waals surface area contributed by atoms with Gasteiger partial charge in [0.25, 0.3) is 5.56 Å². The number of benzene rings is 1. The van der Waals surface area contributed by atoms with Gasteiger partial charge in [0, 0.05) is 30.6 Å². The number of hydrogen-bond donors (Lipinski definition) is 2. The first-order valence-electron chi connectivity index (χ1n) is 7.63. The summed E-state index contributed by atoms with van der Waals surface area (Å²) in [5, 5.41) is 3.16. The molecule has 2 N–H and O–H groups in total. The second-order valence-corrected chi connectivity index (χ2v) is 5.24. The van der Waals surface area contributed by atoms with Crippen molar-refractivity contribution in [1.29, 1.82) is 0 Å². The molecule has 3 rings (SSSR count). The predicted octanol–water partition coefficient (Wildman–Crippen LogP) is 2.50. The molecule has 0 atom stereocenters. The lowest BCUT2D eigenvalue weighted by atomic mass is 10.1. The summed E-state index contributed by atoms with van der Waals surface area (Å²) in [4.78, 5) is 23.0. The van der Waals surface area contributed by atoms with Gasteiger partial charge in [0.2, 0.25) is 5.95 Å². The maximum absolute atomic E-state index is 11.8. The van der Waals surface area contributed by atoms with Crippen LogP contribution in [0.1, 0.15) is 5.56 Å². The fourth-order valence-electron chi connectivity index (χ4n) is 2.37. The Morgan fingerprint density at radius 1 is 1.17 bits per heavy atom. The molecule has 3 aromatic rings. The van der Waals surface area contributed by atoms with E-state index in [2.05, 4.69) is 20.3 Å². The number of nitrogens with one attached hydrogen (secondary N) is 2. The Balaban J connectivity index is 1.69. The van der Waals surface area contributed by atoms with Crippen molar-refractivity contribution in [2.45, 2.75) is 6.42 Å². The minimum absolute atomic E-state index is 0.194. The van der Waals surface area contributed by atoms with E-state index >= 15 is 0 Å². The van der Waals surface area contributed by atoms with E-state index in [4.69, 9.17) is 4.74 Å². The number of aromatic amines is 1. The highest BCUT2D eigenvalue weighted by Gasteiger charge is 2.04. The highest BCUT2D eigenvalue weighted by molar-refractivity contribution is 5.58. The fraction of sp³-hybridized carbons (Fsp3) is 0.167. The Hall–Kier alpha value is -3.15. The molecular weight excluding hydrogens is 304 g/mol. The minimum atomic E-state index is -0.194. The van der Waals surface area contributed by atoms with Crippen molar-refractivity contribution < 1.29 is 4.74 Å². The summed E-state index contributed by atoms with van der Waals surface area (Å²) in [5.41, 5.74) is 2.42. The maximum atomic E-state index is 11.8. The van der Waals surface area contributed by atoms with Crippen molar-refractivity contribution in [2.75, 3.05) is 19.0 Å². The van der Waals surface area contributed by atoms with Crippen LogP contribution in [0.4, 0.5) is 5.95 Å². The van der Waals surface area contributed by atoms with Crippen molar-refractivity contribution in [1.82, 2.24) is 15.0 Å². The number of nitrogens with zero attached hydrogens (tertiary/aromatic N) is 2. The van der Waals surface area contributed by atoms with Crippen molar-refractivity contribution in [3.63, 3.8) is 0 Å². The Morgan fingerprint density at radius 2 is 2.00 bits per heavy atom. The van der Waals surface area contributed by atoms with E-state index in [1.807, 2.05) is 36.4 Å². The van der Waals surface area contributed by atoms with Crippen molar-refractivity contribution in [3.05, 3.63) is 70.8 Å². The second kappa shape index (κ2) is 7.41. The maximum Gasteiger partial charge on any atom is 0.252 e. The summed E-state index contributed by atoms with van der Waals surface area (Å²) in [6.07, 6.45) is 4.14. The molecule has 0 saturated heterocycles. The van der Waals surface area contributed by atoms with Crippen LogP contribution in [0.3, 0.4) is 0 Å². The molecule has 1 aromatic carbocycles. The van der Waals surface area contributed by atoms with E-state index in [1.54, 1.807) is 19.5 Å². The van der Waals surface area contributed by atoms with Gasteiger partial charge in [-0.1, -0.05) is 12.1 Å². The number of ether oxygens (including phenoxy) is 1. The molecule has 2 heterocycles. The molecule has 0 aliphatic heterocycles. The van der Waals surface area contributed by atoms with Gasteiger partial charge >= 0.3 is 0 Å². The van der Waals surface area contributed by atoms with Gasteiger partial charge in [-0.25, -0.2) is 4.98 Å². The Kier molecular flexibility index (Phi) is 4.86. The summed E-state index contributed by atoms with van der Waals surface area (Å²) in [7, 11) is 1.65. The smallest absolute Gasteiger partial charge is 0.252 e. The molecule has 6 nitrogen and oxygen atoms in total. The van der Waals surface area contributed by atoms with Crippen molar-refractivity contribution in [3.8, 4) is 17.0 Å². The van der Waals surface area contributed by atoms with Crippen LogP contribution in [0.25, 0.3) is 11.3 Å². The summed E-state index contributed by atoms with van der Waals surface area (Å²) in [6, 6.07) is 13.0. The lowest BCUT2D eigenvalue weighted by Gasteiger charge is -2.08. The first kappa shape index (κ1) is 15.7. The van der Waals surface area contributed by atoms with Gasteiger partial charge in [-0.15, -0.1) is 0 Å². The quantitative estimate of drug-likeness (QED) is 0.729. The van der Waals surface area contributed by atoms with Crippen LogP contribution in [-0.2, 0) is 6.42 Å². The molecule has 24 heavy (non-hydrogen) atoms. The minimum Gasteiger partial charge on any atom is -0.497 e. The highest BCUT2D eigenvalue weighted by atomic mass is 16.5. The third-order valence-electron chi connectivity index (χ3n) is 3.56. The van der Waals surface area contributed by atoms with Gasteiger partial charge in [-0.2, -0.15) is 0 Å². The first-order valence-corrected chi connectivity index (χ1v) is 7.63. The molecule has 2 aromatic heterocycles. The third-order valence-corrected chi connectivity index (χ3v) is 3.56. The first-order chi connectivity index (χ1) is 11.7. The zero-order valence-electron chi connectivity index (χ0n) is 13.3. The third kappa shape index (κ3) is 3.98. The van der Waals surface area contributed by atoms with E-state index in [0.29, 0.717) is 18.2 Å². The number of anilines is 1. The topological polar surface area (TPSA) is 79.9 Å². The molecule has 0 amide bonds. The predicted molar refractivity (Wildman–Crippen MR) is 93.3 cm³/mol. The molecule has 0 saturated carbocycles. The van der Waals surface area contributed by atoms with Crippen LogP contribution < -0.4 is 15.6 Å². The standard InChI is InChI=1S/C18H18N4O2/c1-24-15-4-2-3-13(11-15)5-10-20-18-21-16(12-17(23)22-18)14-6-8-19-9-7-14/h2-4,6-9,11-12H,5,10H2,1H3,(H2,20,21,22,23). The van der Waals surface area contributed by atoms with Gasteiger partial charge in [0.15, 0.2) is 0 Å². The van der Waals surface area contributed by atoms with Crippen molar-refractivity contribution >= 4 is 5.95 Å². The zero-order valence-corrected chi connectivity index (χ0v) is 13.3. The monoisotopic (exact) mass is 322 g/mol. The Bertz CT molecular complexity index is 862. The molecule has 0 spiro atoms. The van der Waals surface area contributed by atoms with Crippen LogP contribution in [0.15, 0.2) is 59.7 Å². The summed E-state index contributed by atoms with van der Waals surface area (Å²) in [6.45, 7) is 0.649. The van der Waals surface area contributed by atoms with Crippen LogP contribution >= 0.6 is 0 Å². The molecular formula is C18H18N4O2.